The minimum absolute atomic E-state index is 0.903. The van der Waals surface area contributed by atoms with Gasteiger partial charge in [0.25, 0.3) is 0 Å². The van der Waals surface area contributed by atoms with Gasteiger partial charge in [-0.05, 0) is 44.0 Å². The summed E-state index contributed by atoms with van der Waals surface area (Å²) < 4.78 is 0. The minimum atomic E-state index is 0.903. The average Bonchev–Trinajstić information content (AvgIpc) is 2.31. The summed E-state index contributed by atoms with van der Waals surface area (Å²) in [6.07, 6.45) is 3.52. The van der Waals surface area contributed by atoms with E-state index >= 15 is 0 Å². The van der Waals surface area contributed by atoms with Crippen molar-refractivity contribution in [1.29, 1.82) is 0 Å². The van der Waals surface area contributed by atoms with Crippen molar-refractivity contribution in [2.45, 2.75) is 40.0 Å². The van der Waals surface area contributed by atoms with Crippen LogP contribution < -0.4 is 11.1 Å². The molecule has 2 nitrogen and oxygen atoms in total. The first-order valence-electron chi connectivity index (χ1n) is 6.30. The highest BCUT2D eigenvalue weighted by Gasteiger charge is 1.90. The van der Waals surface area contributed by atoms with E-state index in [0.29, 0.717) is 0 Å². The van der Waals surface area contributed by atoms with Gasteiger partial charge in [-0.1, -0.05) is 39.0 Å². The molecule has 0 aliphatic heterocycles. The number of nitrogen functional groups attached to an aromatic ring is 1. The van der Waals surface area contributed by atoms with E-state index in [1.807, 2.05) is 18.2 Å². The fourth-order valence-electron chi connectivity index (χ4n) is 1.33. The second kappa shape index (κ2) is 10.5. The highest BCUT2D eigenvalue weighted by Crippen LogP contribution is 2.09. The van der Waals surface area contributed by atoms with Crippen molar-refractivity contribution in [3.8, 4) is 0 Å². The molecule has 0 spiro atoms. The summed E-state index contributed by atoms with van der Waals surface area (Å²) in [4.78, 5) is 0. The van der Waals surface area contributed by atoms with Gasteiger partial charge in [-0.25, -0.2) is 0 Å². The predicted molar refractivity (Wildman–Crippen MR) is 73.7 cm³/mol. The molecule has 1 rings (SSSR count). The summed E-state index contributed by atoms with van der Waals surface area (Å²) in [5.41, 5.74) is 7.77. The van der Waals surface area contributed by atoms with Crippen LogP contribution in [0.5, 0.6) is 0 Å². The number of hydrogen-bond acceptors (Lipinski definition) is 2. The van der Waals surface area contributed by atoms with E-state index in [0.717, 1.165) is 12.1 Å². The SMILES string of the molecule is CCCNCCC.CCc1ccccc1N. The van der Waals surface area contributed by atoms with Gasteiger partial charge in [0, 0.05) is 5.69 Å². The van der Waals surface area contributed by atoms with Crippen molar-refractivity contribution in [3.63, 3.8) is 0 Å². The molecule has 0 radical (unpaired) electrons. The van der Waals surface area contributed by atoms with Crippen molar-refractivity contribution in [2.75, 3.05) is 18.8 Å². The Morgan fingerprint density at radius 3 is 1.94 bits per heavy atom. The molecular weight excluding hydrogens is 196 g/mol. The molecule has 0 atom stereocenters. The number of benzene rings is 1. The number of nitrogens with one attached hydrogen (secondary N) is 1. The Hall–Kier alpha value is -1.02. The molecule has 2 heteroatoms. The van der Waals surface area contributed by atoms with Crippen LogP contribution >= 0.6 is 0 Å². The predicted octanol–water partition coefficient (Wildman–Crippen LogP) is 3.23. The Morgan fingerprint density at radius 1 is 1.00 bits per heavy atom. The number of aryl methyl sites for hydroxylation is 1. The standard InChI is InChI=1S/C8H11N.C6H15N/c1-2-7-5-3-4-6-8(7)9;1-3-5-7-6-4-2/h3-6H,2,9H2,1H3;7H,3-6H2,1-2H3. The summed E-state index contributed by atoms with van der Waals surface area (Å²) in [7, 11) is 0. The van der Waals surface area contributed by atoms with E-state index < -0.39 is 0 Å². The Morgan fingerprint density at radius 2 is 1.56 bits per heavy atom. The van der Waals surface area contributed by atoms with Crippen LogP contribution in [0.4, 0.5) is 5.69 Å². The summed E-state index contributed by atoms with van der Waals surface area (Å²) in [6.45, 7) is 8.82. The third kappa shape index (κ3) is 7.30. The lowest BCUT2D eigenvalue weighted by molar-refractivity contribution is 0.662. The highest BCUT2D eigenvalue weighted by molar-refractivity contribution is 5.46. The molecule has 0 aromatic heterocycles. The van der Waals surface area contributed by atoms with Gasteiger partial charge in [0.2, 0.25) is 0 Å². The first kappa shape index (κ1) is 15.0. The van der Waals surface area contributed by atoms with Gasteiger partial charge in [0.15, 0.2) is 0 Å². The third-order valence-corrected chi connectivity index (χ3v) is 2.29. The third-order valence-electron chi connectivity index (χ3n) is 2.29. The molecule has 0 bridgehead atoms. The number of para-hydroxylation sites is 1. The average molecular weight is 222 g/mol. The molecule has 0 aliphatic carbocycles. The Balaban J connectivity index is 0.000000293. The highest BCUT2D eigenvalue weighted by atomic mass is 14.8. The lowest BCUT2D eigenvalue weighted by atomic mass is 10.1. The largest absolute Gasteiger partial charge is 0.399 e. The maximum absolute atomic E-state index is 5.63. The van der Waals surface area contributed by atoms with Crippen LogP contribution in [0.3, 0.4) is 0 Å². The van der Waals surface area contributed by atoms with Gasteiger partial charge in [0.05, 0.1) is 0 Å². The van der Waals surface area contributed by atoms with Crippen LogP contribution in [0.25, 0.3) is 0 Å². The van der Waals surface area contributed by atoms with Gasteiger partial charge in [-0.2, -0.15) is 0 Å². The number of nitrogens with two attached hydrogens (primary N) is 1. The fraction of sp³-hybridized carbons (Fsp3) is 0.571. The molecule has 0 saturated carbocycles. The normalized spacial score (nSPS) is 9.44. The summed E-state index contributed by atoms with van der Waals surface area (Å²) >= 11 is 0. The van der Waals surface area contributed by atoms with Gasteiger partial charge in [-0.15, -0.1) is 0 Å². The second-order valence-electron chi connectivity index (χ2n) is 3.80. The second-order valence-corrected chi connectivity index (χ2v) is 3.80. The summed E-state index contributed by atoms with van der Waals surface area (Å²) in [5, 5.41) is 3.28. The van der Waals surface area contributed by atoms with E-state index in [2.05, 4.69) is 32.2 Å². The molecule has 16 heavy (non-hydrogen) atoms. The van der Waals surface area contributed by atoms with E-state index in [-0.39, 0.29) is 0 Å². The van der Waals surface area contributed by atoms with Gasteiger partial charge >= 0.3 is 0 Å². The van der Waals surface area contributed by atoms with Crippen LogP contribution in [-0.4, -0.2) is 13.1 Å². The molecular formula is C14H26N2. The summed E-state index contributed by atoms with van der Waals surface area (Å²) in [5.74, 6) is 0. The zero-order chi connectivity index (χ0) is 12.2. The Bertz CT molecular complexity index is 255. The molecule has 0 amide bonds. The maximum Gasteiger partial charge on any atom is 0.0346 e. The molecule has 1 aromatic rings. The minimum Gasteiger partial charge on any atom is -0.399 e. The van der Waals surface area contributed by atoms with E-state index in [9.17, 15) is 0 Å². The molecule has 1 aromatic carbocycles. The van der Waals surface area contributed by atoms with Crippen molar-refractivity contribution in [2.24, 2.45) is 0 Å². The van der Waals surface area contributed by atoms with Crippen LogP contribution in [0.1, 0.15) is 39.2 Å². The Labute approximate surface area is 100 Å². The van der Waals surface area contributed by atoms with E-state index in [4.69, 9.17) is 5.73 Å². The molecule has 0 saturated heterocycles. The molecule has 92 valence electrons. The lowest BCUT2D eigenvalue weighted by Gasteiger charge is -1.98. The molecule has 0 aliphatic rings. The lowest BCUT2D eigenvalue weighted by Crippen LogP contribution is -2.14. The smallest absolute Gasteiger partial charge is 0.0346 e. The van der Waals surface area contributed by atoms with Crippen molar-refractivity contribution < 1.29 is 0 Å². The maximum atomic E-state index is 5.63. The monoisotopic (exact) mass is 222 g/mol. The van der Waals surface area contributed by atoms with Crippen molar-refractivity contribution in [3.05, 3.63) is 29.8 Å². The van der Waals surface area contributed by atoms with E-state index in [1.54, 1.807) is 0 Å². The topological polar surface area (TPSA) is 38.0 Å². The molecule has 3 N–H and O–H groups in total. The zero-order valence-electron chi connectivity index (χ0n) is 10.9. The Kier molecular flexibility index (Phi) is 9.83. The van der Waals surface area contributed by atoms with Crippen LogP contribution in [0.2, 0.25) is 0 Å². The van der Waals surface area contributed by atoms with Gasteiger partial charge in [-0.3, -0.25) is 0 Å². The first-order chi connectivity index (χ1) is 7.76. The van der Waals surface area contributed by atoms with Crippen molar-refractivity contribution >= 4 is 5.69 Å². The van der Waals surface area contributed by atoms with E-state index in [1.165, 1.54) is 31.5 Å². The molecule has 0 heterocycles. The fourth-order valence-corrected chi connectivity index (χ4v) is 1.33. The van der Waals surface area contributed by atoms with Crippen LogP contribution in [0, 0.1) is 0 Å². The molecule has 0 fully saturated rings. The first-order valence-corrected chi connectivity index (χ1v) is 6.30. The summed E-state index contributed by atoms with van der Waals surface area (Å²) in [6, 6.07) is 7.94. The number of rotatable bonds is 5. The molecule has 0 unspecified atom stereocenters. The zero-order valence-corrected chi connectivity index (χ0v) is 10.9. The van der Waals surface area contributed by atoms with Gasteiger partial charge in [0.1, 0.15) is 0 Å². The van der Waals surface area contributed by atoms with Gasteiger partial charge < -0.3 is 11.1 Å². The van der Waals surface area contributed by atoms with Crippen molar-refractivity contribution in [1.82, 2.24) is 5.32 Å². The number of hydrogen-bond donors (Lipinski definition) is 2. The van der Waals surface area contributed by atoms with Crippen LogP contribution in [0.15, 0.2) is 24.3 Å². The number of anilines is 1. The van der Waals surface area contributed by atoms with Crippen LogP contribution in [-0.2, 0) is 6.42 Å². The quantitative estimate of drug-likeness (QED) is 0.593.